The highest BCUT2D eigenvalue weighted by Gasteiger charge is 2.43. The van der Waals surface area contributed by atoms with Crippen LogP contribution in [-0.4, -0.2) is 96.9 Å². The van der Waals surface area contributed by atoms with Gasteiger partial charge in [0.25, 0.3) is 5.91 Å². The number of aromatic nitrogens is 2. The molecule has 6 rings (SSSR count). The van der Waals surface area contributed by atoms with Crippen molar-refractivity contribution in [2.75, 3.05) is 62.7 Å². The smallest absolute Gasteiger partial charge is 0.421 e. The lowest BCUT2D eigenvalue weighted by Crippen LogP contribution is -2.57. The highest BCUT2D eigenvalue weighted by molar-refractivity contribution is 6.36. The van der Waals surface area contributed by atoms with E-state index < -0.39 is 23.7 Å². The Balaban J connectivity index is 1.32. The highest BCUT2D eigenvalue weighted by atomic mass is 35.5. The number of carbonyl (C=O) groups excluding carboxylic acids is 1. The van der Waals surface area contributed by atoms with E-state index in [2.05, 4.69) is 34.3 Å². The second kappa shape index (κ2) is 13.0. The summed E-state index contributed by atoms with van der Waals surface area (Å²) in [7, 11) is 2.07. The van der Waals surface area contributed by atoms with E-state index in [1.54, 1.807) is 0 Å². The number of piperazine rings is 1. The van der Waals surface area contributed by atoms with E-state index >= 15 is 0 Å². The number of benzene rings is 2. The molecule has 13 heteroatoms. The number of nitrogens with zero attached hydrogens (tertiary/aromatic N) is 7. The maximum absolute atomic E-state index is 13.4. The molecule has 3 aromatic rings. The molecule has 46 heavy (non-hydrogen) atoms. The van der Waals surface area contributed by atoms with Crippen molar-refractivity contribution in [2.45, 2.75) is 44.1 Å². The van der Waals surface area contributed by atoms with Gasteiger partial charge in [-0.25, -0.2) is 6.57 Å². The van der Waals surface area contributed by atoms with Crippen LogP contribution < -0.4 is 14.5 Å². The Morgan fingerprint density at radius 2 is 1.89 bits per heavy atom. The van der Waals surface area contributed by atoms with E-state index in [0.717, 1.165) is 52.0 Å². The summed E-state index contributed by atoms with van der Waals surface area (Å²) in [6, 6.07) is 11.6. The maximum atomic E-state index is 13.4. The SMILES string of the molecule is [C-]#[N+]C[C@H]1CN(c2nc(OC[C@@H]3CCCN3C)nc3c2CCN(c2cccc4cccc(Cl)c24)C3)CCN1C(=O)C(=C)C(F)(F)F. The van der Waals surface area contributed by atoms with Crippen LogP contribution >= 0.6 is 11.6 Å². The number of likely N-dealkylation sites (N-methyl/N-ethyl adjacent to an activating group) is 1. The number of likely N-dealkylation sites (tertiary alicyclic amines) is 1. The second-order valence-corrected chi connectivity index (χ2v) is 12.5. The van der Waals surface area contributed by atoms with Crippen LogP contribution in [0.3, 0.4) is 0 Å². The van der Waals surface area contributed by atoms with Gasteiger partial charge < -0.3 is 29.2 Å². The Morgan fingerprint density at radius 1 is 1.11 bits per heavy atom. The fraction of sp³-hybridized carbons (Fsp3) is 0.455. The molecular formula is C33H35ClF3N7O2. The van der Waals surface area contributed by atoms with Crippen LogP contribution in [0.25, 0.3) is 15.6 Å². The van der Waals surface area contributed by atoms with Crippen molar-refractivity contribution in [3.63, 3.8) is 0 Å². The number of fused-ring (bicyclic) bond motifs is 2. The molecule has 2 saturated heterocycles. The van der Waals surface area contributed by atoms with Gasteiger partial charge in [0, 0.05) is 48.9 Å². The minimum Gasteiger partial charge on any atom is -0.462 e. The molecule has 0 spiro atoms. The number of carbonyl (C=O) groups is 1. The predicted octanol–water partition coefficient (Wildman–Crippen LogP) is 5.37. The standard InChI is InChI=1S/C33H35ClF3N7O2/c1-21(33(35,36)37)31(45)44-16-15-43(18-24(44)17-38-2)30-25-12-14-42(28-11-5-8-22-7-4-10-26(34)29(22)28)19-27(25)39-32(40-30)46-20-23-9-6-13-41(23)3/h4-5,7-8,10-11,23-24H,1,6,9,12-20H2,3H3/t23-,24-/m0/s1. The fourth-order valence-corrected chi connectivity index (χ4v) is 6.97. The molecule has 2 fully saturated rings. The quantitative estimate of drug-likeness (QED) is 0.251. The number of alkyl halides is 3. The zero-order valence-corrected chi connectivity index (χ0v) is 26.3. The van der Waals surface area contributed by atoms with Gasteiger partial charge in [0.1, 0.15) is 24.0 Å². The van der Waals surface area contributed by atoms with Gasteiger partial charge >= 0.3 is 12.2 Å². The van der Waals surface area contributed by atoms with Crippen LogP contribution in [0, 0.1) is 6.57 Å². The van der Waals surface area contributed by atoms with Gasteiger partial charge in [-0.15, -0.1) is 0 Å². The zero-order chi connectivity index (χ0) is 32.6. The average molecular weight is 654 g/mol. The molecule has 0 radical (unpaired) electrons. The molecule has 3 aliphatic heterocycles. The third kappa shape index (κ3) is 6.31. The second-order valence-electron chi connectivity index (χ2n) is 12.0. The third-order valence-corrected chi connectivity index (χ3v) is 9.53. The molecule has 9 nitrogen and oxygen atoms in total. The zero-order valence-electron chi connectivity index (χ0n) is 25.6. The number of ether oxygens (including phenoxy) is 1. The van der Waals surface area contributed by atoms with Crippen LogP contribution in [0.2, 0.25) is 5.02 Å². The van der Waals surface area contributed by atoms with Gasteiger partial charge in [-0.1, -0.05) is 42.4 Å². The first kappa shape index (κ1) is 31.9. The number of amides is 1. The Bertz CT molecular complexity index is 1690. The summed E-state index contributed by atoms with van der Waals surface area (Å²) in [5, 5.41) is 2.67. The molecule has 242 valence electrons. The molecule has 4 heterocycles. The number of hydrogen-bond donors (Lipinski definition) is 0. The lowest BCUT2D eigenvalue weighted by Gasteiger charge is -2.41. The van der Waals surface area contributed by atoms with Crippen LogP contribution in [0.5, 0.6) is 6.01 Å². The van der Waals surface area contributed by atoms with E-state index in [1.165, 1.54) is 0 Å². The van der Waals surface area contributed by atoms with Crippen LogP contribution in [0.1, 0.15) is 24.1 Å². The minimum atomic E-state index is -4.84. The maximum Gasteiger partial charge on any atom is 0.421 e. The number of anilines is 2. The fourth-order valence-electron chi connectivity index (χ4n) is 6.69. The summed E-state index contributed by atoms with van der Waals surface area (Å²) >= 11 is 6.67. The van der Waals surface area contributed by atoms with E-state index in [9.17, 15) is 18.0 Å². The molecule has 2 atom stereocenters. The molecule has 0 aliphatic carbocycles. The molecule has 2 aromatic carbocycles. The molecule has 3 aliphatic rings. The van der Waals surface area contributed by atoms with Crippen LogP contribution in [0.4, 0.5) is 24.7 Å². The Kier molecular flexibility index (Phi) is 8.99. The van der Waals surface area contributed by atoms with Crippen molar-refractivity contribution < 1.29 is 22.7 Å². The summed E-state index contributed by atoms with van der Waals surface area (Å²) in [6.45, 7) is 13.2. The monoisotopic (exact) mass is 653 g/mol. The van der Waals surface area contributed by atoms with Gasteiger partial charge in [-0.2, -0.15) is 23.1 Å². The first-order chi connectivity index (χ1) is 22.0. The molecule has 1 aromatic heterocycles. The van der Waals surface area contributed by atoms with Crippen LogP contribution in [0.15, 0.2) is 48.6 Å². The molecule has 0 saturated carbocycles. The highest BCUT2D eigenvalue weighted by Crippen LogP contribution is 2.37. The van der Waals surface area contributed by atoms with Crippen molar-refractivity contribution in [1.29, 1.82) is 0 Å². The number of halogens is 4. The average Bonchev–Trinajstić information content (AvgIpc) is 3.46. The topological polar surface area (TPSA) is 69.4 Å². The number of hydrogen-bond acceptors (Lipinski definition) is 7. The molecule has 0 bridgehead atoms. The van der Waals surface area contributed by atoms with Crippen molar-refractivity contribution >= 4 is 39.8 Å². The summed E-state index contributed by atoms with van der Waals surface area (Å²) < 4.78 is 46.3. The first-order valence-electron chi connectivity index (χ1n) is 15.4. The molecule has 0 N–H and O–H groups in total. The summed E-state index contributed by atoms with van der Waals surface area (Å²) in [6.07, 6.45) is -2.13. The lowest BCUT2D eigenvalue weighted by molar-refractivity contribution is -0.141. The van der Waals surface area contributed by atoms with E-state index in [-0.39, 0.29) is 38.2 Å². The Labute approximate surface area is 271 Å². The van der Waals surface area contributed by atoms with Gasteiger partial charge in [0.2, 0.25) is 6.54 Å². The van der Waals surface area contributed by atoms with Crippen LogP contribution in [-0.2, 0) is 17.8 Å². The van der Waals surface area contributed by atoms with Crippen molar-refractivity contribution in [3.05, 3.63) is 76.2 Å². The number of rotatable bonds is 7. The largest absolute Gasteiger partial charge is 0.462 e. The summed E-state index contributed by atoms with van der Waals surface area (Å²) in [4.78, 5) is 33.5. The van der Waals surface area contributed by atoms with Crippen molar-refractivity contribution in [1.82, 2.24) is 19.8 Å². The Hall–Kier alpha value is -4.08. The van der Waals surface area contributed by atoms with E-state index in [1.807, 2.05) is 35.2 Å². The first-order valence-corrected chi connectivity index (χ1v) is 15.7. The van der Waals surface area contributed by atoms with E-state index in [0.29, 0.717) is 37.0 Å². The molecule has 0 unspecified atom stereocenters. The summed E-state index contributed by atoms with van der Waals surface area (Å²) in [5.74, 6) is -0.563. The normalized spacial score (nSPS) is 20.5. The van der Waals surface area contributed by atoms with Crippen molar-refractivity contribution in [2.24, 2.45) is 0 Å². The van der Waals surface area contributed by atoms with E-state index in [4.69, 9.17) is 32.9 Å². The Morgan fingerprint density at radius 3 is 2.61 bits per heavy atom. The minimum absolute atomic E-state index is 0.00339. The molecular weight excluding hydrogens is 619 g/mol. The van der Waals surface area contributed by atoms with Gasteiger partial charge in [0.15, 0.2) is 0 Å². The van der Waals surface area contributed by atoms with Gasteiger partial charge in [-0.05, 0) is 50.4 Å². The summed E-state index contributed by atoms with van der Waals surface area (Å²) in [5.41, 5.74) is 1.28. The lowest BCUT2D eigenvalue weighted by atomic mass is 10.0. The van der Waals surface area contributed by atoms with Crippen molar-refractivity contribution in [3.8, 4) is 6.01 Å². The van der Waals surface area contributed by atoms with Gasteiger partial charge in [0.05, 0.1) is 17.3 Å². The third-order valence-electron chi connectivity index (χ3n) is 9.22. The van der Waals surface area contributed by atoms with Gasteiger partial charge in [-0.3, -0.25) is 4.79 Å². The molecule has 1 amide bonds. The predicted molar refractivity (Wildman–Crippen MR) is 171 cm³/mol.